The summed E-state index contributed by atoms with van der Waals surface area (Å²) in [5.74, 6) is -5.66. The van der Waals surface area contributed by atoms with Gasteiger partial charge in [-0.25, -0.2) is 4.90 Å². The third kappa shape index (κ3) is 4.64. The molecule has 262 valence electrons. The summed E-state index contributed by atoms with van der Waals surface area (Å²) in [6.45, 7) is 1.45. The first-order chi connectivity index (χ1) is 25.6. The van der Waals surface area contributed by atoms with Crippen molar-refractivity contribution in [2.45, 2.75) is 31.1 Å². The van der Waals surface area contributed by atoms with E-state index < -0.39 is 46.8 Å². The van der Waals surface area contributed by atoms with Gasteiger partial charge in [-0.15, -0.1) is 0 Å². The fourth-order valence-electron chi connectivity index (χ4n) is 9.69. The highest BCUT2D eigenvalue weighted by atomic mass is 35.5. The van der Waals surface area contributed by atoms with Crippen molar-refractivity contribution >= 4 is 63.2 Å². The van der Waals surface area contributed by atoms with Crippen molar-refractivity contribution in [3.8, 4) is 5.75 Å². The number of amides is 4. The molecule has 0 spiro atoms. The number of ketones is 1. The van der Waals surface area contributed by atoms with Crippen LogP contribution in [0, 0.1) is 23.7 Å². The number of halogens is 1. The van der Waals surface area contributed by atoms with Crippen molar-refractivity contribution in [3.05, 3.63) is 149 Å². The molecule has 5 aromatic carbocycles. The van der Waals surface area contributed by atoms with Crippen molar-refractivity contribution in [2.75, 3.05) is 9.80 Å². The number of imide groups is 2. The molecule has 9 heteroatoms. The molecule has 5 aromatic rings. The third-order valence-corrected chi connectivity index (χ3v) is 12.2. The minimum absolute atomic E-state index is 0.00621. The molecule has 4 aliphatic rings. The maximum atomic E-state index is 15.5. The van der Waals surface area contributed by atoms with Gasteiger partial charge < -0.3 is 5.11 Å². The minimum Gasteiger partial charge on any atom is -0.507 e. The van der Waals surface area contributed by atoms with Crippen LogP contribution in [-0.2, 0) is 24.6 Å². The number of phenols is 1. The second kappa shape index (κ2) is 12.1. The minimum atomic E-state index is -1.51. The monoisotopic (exact) mass is 720 g/mol. The van der Waals surface area contributed by atoms with Crippen LogP contribution in [0.1, 0.15) is 47.2 Å². The van der Waals surface area contributed by atoms with Crippen molar-refractivity contribution in [2.24, 2.45) is 23.7 Å². The van der Waals surface area contributed by atoms with Gasteiger partial charge in [-0.05, 0) is 79.1 Å². The Morgan fingerprint density at radius 1 is 0.755 bits per heavy atom. The Kier molecular flexibility index (Phi) is 7.54. The molecule has 6 atom stereocenters. The first-order valence-corrected chi connectivity index (χ1v) is 18.1. The van der Waals surface area contributed by atoms with Gasteiger partial charge >= 0.3 is 0 Å². The number of nitrogens with zero attached hydrogens (tertiary/aromatic N) is 2. The average molecular weight is 721 g/mol. The van der Waals surface area contributed by atoms with Crippen LogP contribution in [0.2, 0.25) is 5.02 Å². The van der Waals surface area contributed by atoms with E-state index in [0.29, 0.717) is 38.5 Å². The molecule has 8 nitrogen and oxygen atoms in total. The van der Waals surface area contributed by atoms with Gasteiger partial charge in [-0.2, -0.15) is 0 Å². The summed E-state index contributed by atoms with van der Waals surface area (Å²) in [7, 11) is 0. The Balaban J connectivity index is 1.27. The summed E-state index contributed by atoms with van der Waals surface area (Å²) in [4.78, 5) is 73.6. The fourth-order valence-corrected chi connectivity index (χ4v) is 9.88. The molecule has 53 heavy (non-hydrogen) atoms. The van der Waals surface area contributed by atoms with Gasteiger partial charge in [0.15, 0.2) is 5.78 Å². The molecule has 4 amide bonds. The summed E-state index contributed by atoms with van der Waals surface area (Å²) in [5, 5.41) is 13.9. The summed E-state index contributed by atoms with van der Waals surface area (Å²) in [6, 6.07) is 33.4. The van der Waals surface area contributed by atoms with Crippen LogP contribution in [-0.4, -0.2) is 34.5 Å². The van der Waals surface area contributed by atoms with Crippen molar-refractivity contribution in [3.63, 3.8) is 0 Å². The normalized spacial score (nSPS) is 26.4. The predicted molar refractivity (Wildman–Crippen MR) is 201 cm³/mol. The number of hydrogen-bond acceptors (Lipinski definition) is 6. The van der Waals surface area contributed by atoms with Crippen molar-refractivity contribution in [1.82, 2.24) is 0 Å². The average Bonchev–Trinajstić information content (AvgIpc) is 3.56. The number of benzene rings is 5. The van der Waals surface area contributed by atoms with Crippen LogP contribution in [0.4, 0.5) is 11.4 Å². The van der Waals surface area contributed by atoms with E-state index in [1.54, 1.807) is 48.5 Å². The SMILES string of the molecule is CC(=O)c1ccc(N2C(=O)C3CC=C4C(CC5C(=O)N(c6cccc(Cl)c6)C(=O)C5(c5ccccc5)C4c4ccc5ccccc5c4O)C3C2=O)cc1. The molecule has 2 aliphatic heterocycles. The highest BCUT2D eigenvalue weighted by Gasteiger charge is 2.70. The maximum Gasteiger partial charge on any atom is 0.246 e. The van der Waals surface area contributed by atoms with E-state index in [1.807, 2.05) is 72.8 Å². The van der Waals surface area contributed by atoms with E-state index in [1.165, 1.54) is 16.7 Å². The predicted octanol–water partition coefficient (Wildman–Crippen LogP) is 7.77. The van der Waals surface area contributed by atoms with Crippen molar-refractivity contribution < 1.29 is 29.1 Å². The smallest absolute Gasteiger partial charge is 0.246 e. The number of rotatable bonds is 5. The number of Topliss-reactive ketones (excluding diaryl/α,β-unsaturated/α-hetero) is 1. The summed E-state index contributed by atoms with van der Waals surface area (Å²) < 4.78 is 0. The Labute approximate surface area is 310 Å². The zero-order valence-corrected chi connectivity index (χ0v) is 29.4. The Morgan fingerprint density at radius 2 is 1.49 bits per heavy atom. The van der Waals surface area contributed by atoms with Crippen LogP contribution in [0.5, 0.6) is 5.75 Å². The second-order valence-electron chi connectivity index (χ2n) is 14.4. The molecule has 9 rings (SSSR count). The molecule has 0 aromatic heterocycles. The largest absolute Gasteiger partial charge is 0.507 e. The number of allylic oxidation sites excluding steroid dienone is 2. The molecule has 2 saturated heterocycles. The first-order valence-electron chi connectivity index (χ1n) is 17.7. The molecular formula is C44H33ClN2O6. The molecule has 2 heterocycles. The molecular weight excluding hydrogens is 688 g/mol. The van der Waals surface area contributed by atoms with E-state index in [9.17, 15) is 24.3 Å². The summed E-state index contributed by atoms with van der Waals surface area (Å²) in [5.41, 5.74) is 1.50. The lowest BCUT2D eigenvalue weighted by Gasteiger charge is -2.50. The highest BCUT2D eigenvalue weighted by Crippen LogP contribution is 2.65. The zero-order chi connectivity index (χ0) is 36.8. The number of anilines is 2. The lowest BCUT2D eigenvalue weighted by molar-refractivity contribution is -0.127. The third-order valence-electron chi connectivity index (χ3n) is 11.9. The van der Waals surface area contributed by atoms with E-state index in [-0.39, 0.29) is 36.2 Å². The molecule has 2 aliphatic carbocycles. The summed E-state index contributed by atoms with van der Waals surface area (Å²) in [6.07, 6.45) is 2.34. The number of aromatic hydroxyl groups is 1. The van der Waals surface area contributed by atoms with Crippen LogP contribution >= 0.6 is 11.6 Å². The van der Waals surface area contributed by atoms with Gasteiger partial charge in [0.25, 0.3) is 0 Å². The summed E-state index contributed by atoms with van der Waals surface area (Å²) >= 11 is 6.42. The molecule has 1 N–H and O–H groups in total. The van der Waals surface area contributed by atoms with Crippen LogP contribution in [0.3, 0.4) is 0 Å². The van der Waals surface area contributed by atoms with E-state index in [2.05, 4.69) is 0 Å². The van der Waals surface area contributed by atoms with Gasteiger partial charge in [-0.3, -0.25) is 28.9 Å². The fraction of sp³-hybridized carbons (Fsp3) is 0.205. The van der Waals surface area contributed by atoms with E-state index in [4.69, 9.17) is 11.6 Å². The lowest BCUT2D eigenvalue weighted by Crippen LogP contribution is -2.53. The lowest BCUT2D eigenvalue weighted by atomic mass is 9.49. The van der Waals surface area contributed by atoms with Crippen LogP contribution in [0.15, 0.2) is 127 Å². The Hall–Kier alpha value is -5.86. The molecule has 3 fully saturated rings. The topological polar surface area (TPSA) is 112 Å². The standard InChI is InChI=1S/C44H33ClN2O6/c1-24(48)25-14-17-29(18-15-25)46-40(50)33-21-20-32-35(37(33)42(46)52)23-36-41(51)47(30-12-7-11-28(45)22-30)43(53)44(36,27-9-3-2-4-10-27)38(32)34-19-16-26-8-5-6-13-31(26)39(34)49/h2-20,22,33,35-38,49H,21,23H2,1H3. The maximum absolute atomic E-state index is 15.5. The van der Waals surface area contributed by atoms with E-state index >= 15 is 4.79 Å². The van der Waals surface area contributed by atoms with Crippen LogP contribution in [0.25, 0.3) is 10.8 Å². The number of phenolic OH excluding ortho intramolecular Hbond substituents is 1. The second-order valence-corrected chi connectivity index (χ2v) is 14.9. The molecule has 0 radical (unpaired) electrons. The number of carbonyl (C=O) groups is 5. The zero-order valence-electron chi connectivity index (χ0n) is 28.6. The van der Waals surface area contributed by atoms with Gasteiger partial charge in [-0.1, -0.05) is 96.0 Å². The highest BCUT2D eigenvalue weighted by molar-refractivity contribution is 6.32. The van der Waals surface area contributed by atoms with E-state index in [0.717, 1.165) is 11.0 Å². The molecule has 1 saturated carbocycles. The van der Waals surface area contributed by atoms with Crippen LogP contribution < -0.4 is 9.80 Å². The Bertz CT molecular complexity index is 2440. The van der Waals surface area contributed by atoms with Gasteiger partial charge in [0.05, 0.1) is 34.5 Å². The number of hydrogen-bond donors (Lipinski definition) is 1. The number of carbonyl (C=O) groups excluding carboxylic acids is 5. The van der Waals surface area contributed by atoms with Gasteiger partial charge in [0, 0.05) is 27.5 Å². The molecule has 6 unspecified atom stereocenters. The molecule has 0 bridgehead atoms. The first kappa shape index (κ1) is 33.0. The number of fused-ring (bicyclic) bond motifs is 5. The van der Waals surface area contributed by atoms with Gasteiger partial charge in [0.1, 0.15) is 5.75 Å². The quantitative estimate of drug-likeness (QED) is 0.113. The Morgan fingerprint density at radius 3 is 2.23 bits per heavy atom. The van der Waals surface area contributed by atoms with Gasteiger partial charge in [0.2, 0.25) is 23.6 Å². The van der Waals surface area contributed by atoms with Crippen molar-refractivity contribution in [1.29, 1.82) is 0 Å².